The van der Waals surface area contributed by atoms with E-state index in [2.05, 4.69) is 10.2 Å². The highest BCUT2D eigenvalue weighted by Crippen LogP contribution is 2.31. The van der Waals surface area contributed by atoms with Crippen LogP contribution in [0.2, 0.25) is 0 Å². The molecule has 2 rings (SSSR count). The third kappa shape index (κ3) is 1.64. The number of aliphatic hydroxyl groups is 1. The number of aromatic amines is 1. The second-order valence-corrected chi connectivity index (χ2v) is 3.87. The molecule has 0 spiro atoms. The molecule has 2 aromatic heterocycles. The second-order valence-electron chi connectivity index (χ2n) is 2.80. The largest absolute Gasteiger partial charge is 0.487 e. The van der Waals surface area contributed by atoms with Crippen molar-refractivity contribution in [1.29, 1.82) is 0 Å². The Bertz CT molecular complexity index is 397. The average molecular weight is 210 g/mol. The molecule has 14 heavy (non-hydrogen) atoms. The van der Waals surface area contributed by atoms with Gasteiger partial charge >= 0.3 is 0 Å². The fourth-order valence-corrected chi connectivity index (χ4v) is 2.00. The molecule has 0 aliphatic heterocycles. The number of H-pyrrole nitrogens is 1. The summed E-state index contributed by atoms with van der Waals surface area (Å²) in [6.45, 7) is 0. The first-order valence-electron chi connectivity index (χ1n) is 4.11. The average Bonchev–Trinajstić information content (AvgIpc) is 2.88. The Morgan fingerprint density at radius 3 is 3.00 bits per heavy atom. The Kier molecular flexibility index (Phi) is 2.51. The van der Waals surface area contributed by atoms with E-state index in [9.17, 15) is 5.11 Å². The second kappa shape index (κ2) is 3.81. The number of aliphatic hydroxyl groups excluding tert-OH is 1. The molecule has 2 N–H and O–H groups in total. The van der Waals surface area contributed by atoms with Crippen LogP contribution in [0.3, 0.4) is 0 Å². The molecule has 1 atom stereocenters. The van der Waals surface area contributed by atoms with Crippen molar-refractivity contribution in [2.45, 2.75) is 6.10 Å². The molecule has 0 bridgehead atoms. The van der Waals surface area contributed by atoms with Gasteiger partial charge in [-0.3, -0.25) is 5.10 Å². The standard InChI is InChI=1S/C9H10N2O2S/c1-13-8-3-2-7(14-8)9(12)6-4-10-11-5-6/h2-5,9,12H,1H3,(H,10,11). The van der Waals surface area contributed by atoms with Gasteiger partial charge in [-0.25, -0.2) is 0 Å². The third-order valence-electron chi connectivity index (χ3n) is 1.91. The summed E-state index contributed by atoms with van der Waals surface area (Å²) in [5.74, 6) is 0. The van der Waals surface area contributed by atoms with E-state index in [1.165, 1.54) is 11.3 Å². The molecule has 0 aliphatic carbocycles. The van der Waals surface area contributed by atoms with Crippen LogP contribution in [0.4, 0.5) is 0 Å². The fraction of sp³-hybridized carbons (Fsp3) is 0.222. The quantitative estimate of drug-likeness (QED) is 0.808. The normalized spacial score (nSPS) is 12.7. The number of nitrogens with one attached hydrogen (secondary N) is 1. The Hall–Kier alpha value is -1.33. The van der Waals surface area contributed by atoms with Gasteiger partial charge in [-0.2, -0.15) is 5.10 Å². The van der Waals surface area contributed by atoms with Gasteiger partial charge in [0, 0.05) is 16.6 Å². The van der Waals surface area contributed by atoms with Gasteiger partial charge in [-0.05, 0) is 12.1 Å². The molecule has 2 heterocycles. The minimum Gasteiger partial charge on any atom is -0.487 e. The number of thiophene rings is 1. The van der Waals surface area contributed by atoms with Gasteiger partial charge in [-0.1, -0.05) is 0 Å². The van der Waals surface area contributed by atoms with Crippen LogP contribution in [0, 0.1) is 0 Å². The van der Waals surface area contributed by atoms with Crippen molar-refractivity contribution in [1.82, 2.24) is 10.2 Å². The SMILES string of the molecule is COc1ccc(C(O)c2cn[nH]c2)s1. The van der Waals surface area contributed by atoms with Gasteiger partial charge in [0.1, 0.15) is 6.10 Å². The summed E-state index contributed by atoms with van der Waals surface area (Å²) in [6, 6.07) is 3.68. The molecule has 0 aromatic carbocycles. The molecule has 0 saturated heterocycles. The molecule has 0 radical (unpaired) electrons. The maximum atomic E-state index is 9.88. The van der Waals surface area contributed by atoms with E-state index in [0.717, 1.165) is 15.5 Å². The molecule has 4 nitrogen and oxygen atoms in total. The van der Waals surface area contributed by atoms with Crippen LogP contribution in [0.5, 0.6) is 5.06 Å². The van der Waals surface area contributed by atoms with Gasteiger partial charge in [0.2, 0.25) is 0 Å². The predicted molar refractivity (Wildman–Crippen MR) is 53.5 cm³/mol. The van der Waals surface area contributed by atoms with Crippen LogP contribution < -0.4 is 4.74 Å². The molecular weight excluding hydrogens is 200 g/mol. The van der Waals surface area contributed by atoms with Crippen LogP contribution in [-0.4, -0.2) is 22.4 Å². The van der Waals surface area contributed by atoms with E-state index in [1.807, 2.05) is 12.1 Å². The van der Waals surface area contributed by atoms with Crippen molar-refractivity contribution in [3.05, 3.63) is 35.0 Å². The van der Waals surface area contributed by atoms with Gasteiger partial charge in [0.15, 0.2) is 5.06 Å². The maximum absolute atomic E-state index is 9.88. The summed E-state index contributed by atoms with van der Waals surface area (Å²) in [7, 11) is 1.61. The molecule has 0 aliphatic rings. The highest BCUT2D eigenvalue weighted by Gasteiger charge is 2.13. The lowest BCUT2D eigenvalue weighted by atomic mass is 10.2. The molecule has 0 fully saturated rings. The van der Waals surface area contributed by atoms with Gasteiger partial charge in [-0.15, -0.1) is 11.3 Å². The fourth-order valence-electron chi connectivity index (χ4n) is 1.17. The summed E-state index contributed by atoms with van der Waals surface area (Å²) >= 11 is 1.43. The Morgan fingerprint density at radius 2 is 2.43 bits per heavy atom. The first-order chi connectivity index (χ1) is 6.81. The number of aromatic nitrogens is 2. The number of ether oxygens (including phenoxy) is 1. The van der Waals surface area contributed by atoms with E-state index < -0.39 is 6.10 Å². The van der Waals surface area contributed by atoms with Gasteiger partial charge < -0.3 is 9.84 Å². The van der Waals surface area contributed by atoms with Crippen molar-refractivity contribution < 1.29 is 9.84 Å². The molecule has 0 amide bonds. The number of rotatable bonds is 3. The summed E-state index contributed by atoms with van der Waals surface area (Å²) in [5, 5.41) is 17.1. The summed E-state index contributed by atoms with van der Waals surface area (Å²) in [6.07, 6.45) is 2.66. The Balaban J connectivity index is 2.23. The van der Waals surface area contributed by atoms with E-state index >= 15 is 0 Å². The summed E-state index contributed by atoms with van der Waals surface area (Å²) in [4.78, 5) is 0.850. The van der Waals surface area contributed by atoms with Crippen LogP contribution in [-0.2, 0) is 0 Å². The number of hydrogen-bond acceptors (Lipinski definition) is 4. The van der Waals surface area contributed by atoms with Crippen LogP contribution >= 0.6 is 11.3 Å². The minimum absolute atomic E-state index is 0.623. The number of hydrogen-bond donors (Lipinski definition) is 2. The van der Waals surface area contributed by atoms with Crippen molar-refractivity contribution in [2.75, 3.05) is 7.11 Å². The summed E-state index contributed by atoms with van der Waals surface area (Å²) < 4.78 is 5.05. The van der Waals surface area contributed by atoms with E-state index in [1.54, 1.807) is 19.5 Å². The predicted octanol–water partition coefficient (Wildman–Crippen LogP) is 1.56. The monoisotopic (exact) mass is 210 g/mol. The Labute approximate surface area is 85.2 Å². The van der Waals surface area contributed by atoms with E-state index in [-0.39, 0.29) is 0 Å². The van der Waals surface area contributed by atoms with Crippen LogP contribution in [0.15, 0.2) is 24.5 Å². The molecular formula is C9H10N2O2S. The Morgan fingerprint density at radius 1 is 1.57 bits per heavy atom. The molecule has 5 heteroatoms. The molecule has 1 unspecified atom stereocenters. The van der Waals surface area contributed by atoms with Crippen molar-refractivity contribution in [3.8, 4) is 5.06 Å². The molecule has 0 saturated carbocycles. The zero-order valence-corrected chi connectivity index (χ0v) is 8.41. The van der Waals surface area contributed by atoms with E-state index in [0.29, 0.717) is 0 Å². The first kappa shape index (κ1) is 9.23. The van der Waals surface area contributed by atoms with Gasteiger partial charge in [0.25, 0.3) is 0 Å². The highest BCUT2D eigenvalue weighted by atomic mass is 32.1. The molecule has 2 aromatic rings. The maximum Gasteiger partial charge on any atom is 0.173 e. The third-order valence-corrected chi connectivity index (χ3v) is 3.01. The van der Waals surface area contributed by atoms with Crippen LogP contribution in [0.1, 0.15) is 16.5 Å². The van der Waals surface area contributed by atoms with Crippen molar-refractivity contribution in [3.63, 3.8) is 0 Å². The van der Waals surface area contributed by atoms with Crippen LogP contribution in [0.25, 0.3) is 0 Å². The lowest BCUT2D eigenvalue weighted by Gasteiger charge is -2.03. The number of nitrogens with zero attached hydrogens (tertiary/aromatic N) is 1. The lowest BCUT2D eigenvalue weighted by Crippen LogP contribution is -1.94. The van der Waals surface area contributed by atoms with E-state index in [4.69, 9.17) is 4.74 Å². The summed E-state index contributed by atoms with van der Waals surface area (Å²) in [5.41, 5.74) is 0.759. The van der Waals surface area contributed by atoms with Gasteiger partial charge in [0.05, 0.1) is 13.3 Å². The van der Waals surface area contributed by atoms with Crippen molar-refractivity contribution in [2.24, 2.45) is 0 Å². The zero-order chi connectivity index (χ0) is 9.97. The number of methoxy groups -OCH3 is 1. The molecule has 74 valence electrons. The minimum atomic E-state index is -0.623. The topological polar surface area (TPSA) is 58.1 Å². The first-order valence-corrected chi connectivity index (χ1v) is 4.93. The highest BCUT2D eigenvalue weighted by molar-refractivity contribution is 7.13. The lowest BCUT2D eigenvalue weighted by molar-refractivity contribution is 0.224. The zero-order valence-electron chi connectivity index (χ0n) is 7.60. The smallest absolute Gasteiger partial charge is 0.173 e. The van der Waals surface area contributed by atoms with Crippen molar-refractivity contribution >= 4 is 11.3 Å².